The second-order valence-electron chi connectivity index (χ2n) is 3.77. The molecule has 0 aliphatic heterocycles. The molecule has 0 amide bonds. The van der Waals surface area contributed by atoms with Gasteiger partial charge in [-0.3, -0.25) is 5.41 Å². The molecule has 0 unspecified atom stereocenters. The minimum absolute atomic E-state index is 0.00792. The fourth-order valence-electron chi connectivity index (χ4n) is 1.01. The van der Waals surface area contributed by atoms with Crippen molar-refractivity contribution in [2.75, 3.05) is 13.1 Å². The Bertz CT molecular complexity index is 129. The van der Waals surface area contributed by atoms with Gasteiger partial charge in [0.1, 0.15) is 5.84 Å². The number of nitrogens with zero attached hydrogens (tertiary/aromatic N) is 1. The van der Waals surface area contributed by atoms with E-state index in [9.17, 15) is 0 Å². The van der Waals surface area contributed by atoms with Crippen LogP contribution in [0.1, 0.15) is 34.6 Å². The molecular weight excluding hydrogens is 136 g/mol. The van der Waals surface area contributed by atoms with Gasteiger partial charge in [0, 0.05) is 18.5 Å². The van der Waals surface area contributed by atoms with Crippen LogP contribution in [0.2, 0.25) is 0 Å². The van der Waals surface area contributed by atoms with Crippen LogP contribution in [-0.2, 0) is 0 Å². The van der Waals surface area contributed by atoms with Gasteiger partial charge in [-0.15, -0.1) is 0 Å². The van der Waals surface area contributed by atoms with Gasteiger partial charge < -0.3 is 4.90 Å². The molecule has 2 nitrogen and oxygen atoms in total. The molecule has 0 atom stereocenters. The van der Waals surface area contributed by atoms with Crippen molar-refractivity contribution in [1.29, 1.82) is 5.41 Å². The van der Waals surface area contributed by atoms with Crippen molar-refractivity contribution in [3.63, 3.8) is 0 Å². The first-order valence-corrected chi connectivity index (χ1v) is 4.27. The molecule has 0 fully saturated rings. The van der Waals surface area contributed by atoms with Gasteiger partial charge in [-0.05, 0) is 13.8 Å². The van der Waals surface area contributed by atoms with Crippen LogP contribution in [0.5, 0.6) is 0 Å². The van der Waals surface area contributed by atoms with Crippen molar-refractivity contribution >= 4 is 5.84 Å². The fraction of sp³-hybridized carbons (Fsp3) is 0.889. The van der Waals surface area contributed by atoms with Gasteiger partial charge in [0.05, 0.1) is 0 Å². The van der Waals surface area contributed by atoms with Crippen LogP contribution in [0.3, 0.4) is 0 Å². The Labute approximate surface area is 70.1 Å². The predicted octanol–water partition coefficient (Wildman–Crippen LogP) is 2.35. The summed E-state index contributed by atoms with van der Waals surface area (Å²) >= 11 is 0. The summed E-state index contributed by atoms with van der Waals surface area (Å²) in [6.45, 7) is 12.3. The normalized spacial score (nSPS) is 11.4. The predicted molar refractivity (Wildman–Crippen MR) is 50.1 cm³/mol. The molecule has 1 N–H and O–H groups in total. The molecule has 0 radical (unpaired) electrons. The average molecular weight is 156 g/mol. The number of hydrogen-bond acceptors (Lipinski definition) is 1. The van der Waals surface area contributed by atoms with Crippen molar-refractivity contribution in [2.45, 2.75) is 34.6 Å². The van der Waals surface area contributed by atoms with Crippen LogP contribution in [0.15, 0.2) is 0 Å². The van der Waals surface area contributed by atoms with E-state index in [0.29, 0.717) is 0 Å². The van der Waals surface area contributed by atoms with Gasteiger partial charge in [0.25, 0.3) is 0 Å². The maximum absolute atomic E-state index is 7.82. The van der Waals surface area contributed by atoms with Crippen LogP contribution in [0.25, 0.3) is 0 Å². The van der Waals surface area contributed by atoms with E-state index in [1.807, 2.05) is 0 Å². The minimum atomic E-state index is -0.00792. The van der Waals surface area contributed by atoms with E-state index in [0.717, 1.165) is 18.9 Å². The van der Waals surface area contributed by atoms with E-state index in [1.165, 1.54) is 0 Å². The number of rotatable bonds is 2. The van der Waals surface area contributed by atoms with Crippen molar-refractivity contribution in [2.24, 2.45) is 5.41 Å². The zero-order chi connectivity index (χ0) is 9.07. The molecule has 0 aromatic heterocycles. The van der Waals surface area contributed by atoms with Gasteiger partial charge >= 0.3 is 0 Å². The third kappa shape index (κ3) is 2.91. The lowest BCUT2D eigenvalue weighted by atomic mass is 9.94. The van der Waals surface area contributed by atoms with Crippen LogP contribution < -0.4 is 0 Å². The van der Waals surface area contributed by atoms with Crippen LogP contribution >= 0.6 is 0 Å². The third-order valence-electron chi connectivity index (χ3n) is 1.79. The molecule has 0 bridgehead atoms. The van der Waals surface area contributed by atoms with E-state index in [1.54, 1.807) is 0 Å². The van der Waals surface area contributed by atoms with E-state index >= 15 is 0 Å². The van der Waals surface area contributed by atoms with Crippen molar-refractivity contribution in [1.82, 2.24) is 4.90 Å². The Morgan fingerprint density at radius 2 is 1.55 bits per heavy atom. The van der Waals surface area contributed by atoms with Gasteiger partial charge in [0.2, 0.25) is 0 Å². The summed E-state index contributed by atoms with van der Waals surface area (Å²) in [5, 5.41) is 7.82. The summed E-state index contributed by atoms with van der Waals surface area (Å²) in [5.41, 5.74) is -0.00792. The molecule has 0 aliphatic rings. The first-order chi connectivity index (χ1) is 4.93. The standard InChI is InChI=1S/C9H20N2/c1-6-11(7-2)8(10)9(3,4)5/h10H,6-7H2,1-5H3. The first-order valence-electron chi connectivity index (χ1n) is 4.27. The van der Waals surface area contributed by atoms with E-state index < -0.39 is 0 Å². The lowest BCUT2D eigenvalue weighted by molar-refractivity contribution is 0.396. The Morgan fingerprint density at radius 1 is 1.18 bits per heavy atom. The van der Waals surface area contributed by atoms with Gasteiger partial charge in [-0.1, -0.05) is 20.8 Å². The fourth-order valence-corrected chi connectivity index (χ4v) is 1.01. The molecule has 2 heteroatoms. The molecule has 0 spiro atoms. The van der Waals surface area contributed by atoms with Gasteiger partial charge in [-0.2, -0.15) is 0 Å². The monoisotopic (exact) mass is 156 g/mol. The highest BCUT2D eigenvalue weighted by molar-refractivity contribution is 5.84. The van der Waals surface area contributed by atoms with E-state index in [2.05, 4.69) is 39.5 Å². The van der Waals surface area contributed by atoms with Crippen molar-refractivity contribution in [3.05, 3.63) is 0 Å². The molecular formula is C9H20N2. The molecule has 0 rings (SSSR count). The Hall–Kier alpha value is -0.530. The summed E-state index contributed by atoms with van der Waals surface area (Å²) < 4.78 is 0. The lowest BCUT2D eigenvalue weighted by Crippen LogP contribution is -2.38. The Balaban J connectivity index is 4.22. The van der Waals surface area contributed by atoms with Crippen molar-refractivity contribution in [3.8, 4) is 0 Å². The maximum atomic E-state index is 7.82. The quantitative estimate of drug-likeness (QED) is 0.482. The minimum Gasteiger partial charge on any atom is -0.361 e. The molecule has 0 aromatic rings. The summed E-state index contributed by atoms with van der Waals surface area (Å²) in [4.78, 5) is 2.08. The SMILES string of the molecule is CCN(CC)C(=N)C(C)(C)C. The maximum Gasteiger partial charge on any atom is 0.101 e. The molecule has 11 heavy (non-hydrogen) atoms. The zero-order valence-electron chi connectivity index (χ0n) is 8.36. The van der Waals surface area contributed by atoms with Gasteiger partial charge in [-0.25, -0.2) is 0 Å². The summed E-state index contributed by atoms with van der Waals surface area (Å²) in [7, 11) is 0. The van der Waals surface area contributed by atoms with Crippen molar-refractivity contribution < 1.29 is 0 Å². The molecule has 0 saturated carbocycles. The topological polar surface area (TPSA) is 27.1 Å². The summed E-state index contributed by atoms with van der Waals surface area (Å²) in [6.07, 6.45) is 0. The molecule has 0 aromatic carbocycles. The number of amidine groups is 1. The molecule has 0 saturated heterocycles. The van der Waals surface area contributed by atoms with E-state index in [-0.39, 0.29) is 5.41 Å². The number of hydrogen-bond donors (Lipinski definition) is 1. The summed E-state index contributed by atoms with van der Waals surface area (Å²) in [5.74, 6) is 0.738. The van der Waals surface area contributed by atoms with Gasteiger partial charge in [0.15, 0.2) is 0 Å². The zero-order valence-corrected chi connectivity index (χ0v) is 8.36. The highest BCUT2D eigenvalue weighted by atomic mass is 15.2. The second-order valence-corrected chi connectivity index (χ2v) is 3.77. The van der Waals surface area contributed by atoms with Crippen LogP contribution in [0.4, 0.5) is 0 Å². The Kier molecular flexibility index (Phi) is 3.56. The van der Waals surface area contributed by atoms with Crippen LogP contribution in [0, 0.1) is 10.8 Å². The van der Waals surface area contributed by atoms with Crippen LogP contribution in [-0.4, -0.2) is 23.8 Å². The average Bonchev–Trinajstić information content (AvgIpc) is 1.88. The molecule has 0 heterocycles. The third-order valence-corrected chi connectivity index (χ3v) is 1.79. The highest BCUT2D eigenvalue weighted by Gasteiger charge is 2.20. The molecule has 66 valence electrons. The first kappa shape index (κ1) is 10.5. The largest absolute Gasteiger partial charge is 0.361 e. The second kappa shape index (κ2) is 3.74. The summed E-state index contributed by atoms with van der Waals surface area (Å²) in [6, 6.07) is 0. The highest BCUT2D eigenvalue weighted by Crippen LogP contribution is 2.17. The number of nitrogens with one attached hydrogen (secondary N) is 1. The van der Waals surface area contributed by atoms with E-state index in [4.69, 9.17) is 5.41 Å². The lowest BCUT2D eigenvalue weighted by Gasteiger charge is -2.30. The smallest absolute Gasteiger partial charge is 0.101 e. The Morgan fingerprint density at radius 3 is 1.64 bits per heavy atom. The molecule has 0 aliphatic carbocycles.